The summed E-state index contributed by atoms with van der Waals surface area (Å²) < 4.78 is 35.2. The molecule has 90 valence electrons. The Morgan fingerprint density at radius 1 is 1.35 bits per heavy atom. The van der Waals surface area contributed by atoms with Crippen molar-refractivity contribution in [3.05, 3.63) is 30.7 Å². The Bertz CT molecular complexity index is 578. The highest BCUT2D eigenvalue weighted by atomic mass is 32.2. The molecule has 0 spiro atoms. The number of hydrogen-bond acceptors (Lipinski definition) is 5. The second-order valence-electron chi connectivity index (χ2n) is 3.39. The highest BCUT2D eigenvalue weighted by molar-refractivity contribution is 7.85. The third-order valence-electron chi connectivity index (χ3n) is 2.14. The van der Waals surface area contributed by atoms with E-state index in [2.05, 4.69) is 9.59 Å². The number of aromatic nitrogens is 3. The summed E-state index contributed by atoms with van der Waals surface area (Å²) in [5, 5.41) is 3.74. The van der Waals surface area contributed by atoms with Gasteiger partial charge in [0.1, 0.15) is 5.75 Å². The Balaban J connectivity index is 2.09. The third-order valence-corrected chi connectivity index (χ3v) is 3.56. The molecule has 0 aliphatic rings. The normalized spacial score (nSPS) is 11.6. The van der Waals surface area contributed by atoms with Crippen LogP contribution in [0.15, 0.2) is 30.7 Å². The number of hydrogen-bond donors (Lipinski definition) is 1. The van der Waals surface area contributed by atoms with Gasteiger partial charge in [0.2, 0.25) is 0 Å². The van der Waals surface area contributed by atoms with E-state index in [1.165, 1.54) is 11.5 Å². The van der Waals surface area contributed by atoms with Crippen LogP contribution in [0.1, 0.15) is 0 Å². The van der Waals surface area contributed by atoms with Crippen LogP contribution in [-0.2, 0) is 16.7 Å². The fraction of sp³-hybridized carbons (Fsp3) is 0.222. The quantitative estimate of drug-likeness (QED) is 0.642. The highest BCUT2D eigenvalue weighted by Gasteiger charge is 2.10. The molecule has 0 saturated carbocycles. The van der Waals surface area contributed by atoms with E-state index < -0.39 is 10.1 Å². The van der Waals surface area contributed by atoms with Gasteiger partial charge in [-0.2, -0.15) is 8.42 Å². The monoisotopic (exact) mass is 272 g/mol. The van der Waals surface area contributed by atoms with Gasteiger partial charge in [-0.25, -0.2) is 4.57 Å². The van der Waals surface area contributed by atoms with Crippen LogP contribution in [0.4, 0.5) is 0 Å². The zero-order valence-corrected chi connectivity index (χ0v) is 10.4. The minimum atomic E-state index is -3.91. The topological polar surface area (TPSA) is 84.0 Å². The summed E-state index contributed by atoms with van der Waals surface area (Å²) in [6.07, 6.45) is 5.17. The number of rotatable bonds is 4. The van der Waals surface area contributed by atoms with Crippen LogP contribution < -0.4 is 4.57 Å². The van der Waals surface area contributed by atoms with Gasteiger partial charge < -0.3 is 0 Å². The second-order valence-corrected chi connectivity index (χ2v) is 5.75. The maximum absolute atomic E-state index is 10.6. The van der Waals surface area contributed by atoms with Crippen LogP contribution in [0.25, 0.3) is 10.4 Å². The number of nitrogens with zero attached hydrogens (tertiary/aromatic N) is 3. The lowest BCUT2D eigenvalue weighted by Crippen LogP contribution is -2.36. The number of pyridine rings is 1. The fourth-order valence-corrected chi connectivity index (χ4v) is 2.25. The maximum Gasteiger partial charge on any atom is 0.271 e. The van der Waals surface area contributed by atoms with E-state index >= 15 is 0 Å². The van der Waals surface area contributed by atoms with Crippen molar-refractivity contribution < 1.29 is 17.5 Å². The first-order chi connectivity index (χ1) is 8.04. The van der Waals surface area contributed by atoms with Crippen LogP contribution in [-0.4, -0.2) is 28.3 Å². The fourth-order valence-electron chi connectivity index (χ4n) is 1.29. The first-order valence-corrected chi connectivity index (χ1v) is 7.15. The smallest absolute Gasteiger partial charge is 0.271 e. The molecular formula is C9H10N3O3S2+. The van der Waals surface area contributed by atoms with E-state index in [-0.39, 0.29) is 12.3 Å². The number of aryl methyl sites for hydroxylation is 1. The first-order valence-electron chi connectivity index (χ1n) is 4.76. The van der Waals surface area contributed by atoms with Crippen molar-refractivity contribution in [1.29, 1.82) is 0 Å². The molecule has 2 rings (SSSR count). The highest BCUT2D eigenvalue weighted by Crippen LogP contribution is 2.19. The van der Waals surface area contributed by atoms with E-state index in [1.54, 1.807) is 23.2 Å². The van der Waals surface area contributed by atoms with Gasteiger partial charge in [0.05, 0.1) is 11.1 Å². The van der Waals surface area contributed by atoms with Gasteiger partial charge in [-0.15, -0.1) is 5.10 Å². The van der Waals surface area contributed by atoms with Gasteiger partial charge in [0.15, 0.2) is 18.9 Å². The van der Waals surface area contributed by atoms with Crippen molar-refractivity contribution in [1.82, 2.24) is 9.59 Å². The van der Waals surface area contributed by atoms with E-state index in [0.29, 0.717) is 0 Å². The zero-order chi connectivity index (χ0) is 12.3. The molecular weight excluding hydrogens is 262 g/mol. The Kier molecular flexibility index (Phi) is 3.46. The zero-order valence-electron chi connectivity index (χ0n) is 8.72. The molecule has 0 amide bonds. The van der Waals surface area contributed by atoms with Crippen molar-refractivity contribution in [2.24, 2.45) is 0 Å². The molecule has 8 heteroatoms. The Labute approximate surface area is 102 Å². The average Bonchev–Trinajstić information content (AvgIpc) is 2.79. The first kappa shape index (κ1) is 12.1. The summed E-state index contributed by atoms with van der Waals surface area (Å²) in [5.41, 5.74) is 0.975. The van der Waals surface area contributed by atoms with Crippen LogP contribution in [0.2, 0.25) is 0 Å². The minimum absolute atomic E-state index is 0.222. The van der Waals surface area contributed by atoms with Crippen molar-refractivity contribution in [2.45, 2.75) is 6.54 Å². The second kappa shape index (κ2) is 4.86. The van der Waals surface area contributed by atoms with Crippen molar-refractivity contribution in [3.63, 3.8) is 0 Å². The van der Waals surface area contributed by atoms with Crippen LogP contribution in [0.5, 0.6) is 0 Å². The SMILES string of the molecule is O=S(=O)(O)CC[n+]1ccc(-c2cnns2)cc1. The summed E-state index contributed by atoms with van der Waals surface area (Å²) in [4.78, 5) is 0.951. The molecule has 0 atom stereocenters. The molecule has 6 nitrogen and oxygen atoms in total. The summed E-state index contributed by atoms with van der Waals surface area (Å²) in [6, 6.07) is 3.69. The molecule has 0 unspecified atom stereocenters. The molecule has 0 aromatic carbocycles. The van der Waals surface area contributed by atoms with Crippen LogP contribution >= 0.6 is 11.5 Å². The summed E-state index contributed by atoms with van der Waals surface area (Å²) in [6.45, 7) is 0.222. The molecule has 0 fully saturated rings. The third kappa shape index (κ3) is 3.55. The Morgan fingerprint density at radius 2 is 2.06 bits per heavy atom. The lowest BCUT2D eigenvalue weighted by molar-refractivity contribution is -0.692. The largest absolute Gasteiger partial charge is 0.285 e. The predicted molar refractivity (Wildman–Crippen MR) is 62.0 cm³/mol. The van der Waals surface area contributed by atoms with Gasteiger partial charge in [-0.3, -0.25) is 4.55 Å². The van der Waals surface area contributed by atoms with E-state index in [1.807, 2.05) is 12.1 Å². The minimum Gasteiger partial charge on any atom is -0.285 e. The van der Waals surface area contributed by atoms with E-state index in [4.69, 9.17) is 4.55 Å². The molecule has 0 saturated heterocycles. The summed E-state index contributed by atoms with van der Waals surface area (Å²) >= 11 is 1.29. The van der Waals surface area contributed by atoms with Gasteiger partial charge in [-0.1, -0.05) is 4.49 Å². The van der Waals surface area contributed by atoms with Crippen LogP contribution in [0.3, 0.4) is 0 Å². The Morgan fingerprint density at radius 3 is 2.59 bits per heavy atom. The van der Waals surface area contributed by atoms with Crippen molar-refractivity contribution in [3.8, 4) is 10.4 Å². The average molecular weight is 272 g/mol. The molecule has 0 bridgehead atoms. The Hall–Kier alpha value is -1.38. The molecule has 0 aliphatic heterocycles. The predicted octanol–water partition coefficient (Wildman–Crippen LogP) is 0.380. The van der Waals surface area contributed by atoms with Crippen LogP contribution in [0, 0.1) is 0 Å². The molecule has 0 radical (unpaired) electrons. The molecule has 0 aliphatic carbocycles. The molecule has 2 heterocycles. The lowest BCUT2D eigenvalue weighted by Gasteiger charge is -1.97. The maximum atomic E-state index is 10.6. The molecule has 2 aromatic rings. The summed E-state index contributed by atoms with van der Waals surface area (Å²) in [7, 11) is -3.91. The van der Waals surface area contributed by atoms with Gasteiger partial charge in [-0.05, 0) is 11.5 Å². The summed E-state index contributed by atoms with van der Waals surface area (Å²) in [5.74, 6) is -0.293. The van der Waals surface area contributed by atoms with E-state index in [9.17, 15) is 8.42 Å². The molecule has 2 aromatic heterocycles. The molecule has 17 heavy (non-hydrogen) atoms. The van der Waals surface area contributed by atoms with Gasteiger partial charge >= 0.3 is 0 Å². The lowest BCUT2D eigenvalue weighted by atomic mass is 10.2. The van der Waals surface area contributed by atoms with Crippen molar-refractivity contribution in [2.75, 3.05) is 5.75 Å². The van der Waals surface area contributed by atoms with Gasteiger partial charge in [0.25, 0.3) is 10.1 Å². The molecule has 1 N–H and O–H groups in total. The van der Waals surface area contributed by atoms with Gasteiger partial charge in [0, 0.05) is 17.7 Å². The van der Waals surface area contributed by atoms with Crippen molar-refractivity contribution >= 4 is 21.7 Å². The standard InChI is InChI=1S/C9H9N3O3S2/c13-17(14,15)6-5-12-3-1-8(2-4-12)9-7-10-11-16-9/h1-4,7H,5-6H2/p+1. The van der Waals surface area contributed by atoms with E-state index in [0.717, 1.165) is 10.4 Å².